The van der Waals surface area contributed by atoms with Gasteiger partial charge in [-0.3, -0.25) is 4.79 Å². The molecule has 0 atom stereocenters. The lowest BCUT2D eigenvalue weighted by molar-refractivity contribution is 0.0952. The molecule has 1 aromatic carbocycles. The Morgan fingerprint density at radius 1 is 1.35 bits per heavy atom. The van der Waals surface area contributed by atoms with Crippen molar-refractivity contribution in [2.75, 3.05) is 19.6 Å². The van der Waals surface area contributed by atoms with Crippen LogP contribution in [0.15, 0.2) is 22.7 Å². The van der Waals surface area contributed by atoms with Crippen LogP contribution in [-0.2, 0) is 0 Å². The predicted octanol–water partition coefficient (Wildman–Crippen LogP) is 2.49. The summed E-state index contributed by atoms with van der Waals surface area (Å²) < 4.78 is 0.840. The van der Waals surface area contributed by atoms with Crippen molar-refractivity contribution >= 4 is 21.8 Å². The fourth-order valence-corrected chi connectivity index (χ4v) is 1.93. The second-order valence-electron chi connectivity index (χ2n) is 3.95. The Bertz CT molecular complexity index is 380. The minimum Gasteiger partial charge on any atom is -0.352 e. The SMILES string of the molecule is CCNCCCNC(=O)c1cc(C)ccc1Br. The summed E-state index contributed by atoms with van der Waals surface area (Å²) in [6.45, 7) is 6.66. The highest BCUT2D eigenvalue weighted by molar-refractivity contribution is 9.10. The van der Waals surface area contributed by atoms with E-state index in [9.17, 15) is 4.79 Å². The fourth-order valence-electron chi connectivity index (χ4n) is 1.50. The molecule has 0 aliphatic heterocycles. The van der Waals surface area contributed by atoms with Crippen LogP contribution in [0.4, 0.5) is 0 Å². The van der Waals surface area contributed by atoms with E-state index in [4.69, 9.17) is 0 Å². The molecule has 0 aliphatic carbocycles. The third kappa shape index (κ3) is 4.88. The van der Waals surface area contributed by atoms with Crippen molar-refractivity contribution < 1.29 is 4.79 Å². The van der Waals surface area contributed by atoms with Crippen molar-refractivity contribution in [3.05, 3.63) is 33.8 Å². The maximum atomic E-state index is 11.9. The topological polar surface area (TPSA) is 41.1 Å². The van der Waals surface area contributed by atoms with Gasteiger partial charge in [0.05, 0.1) is 5.56 Å². The van der Waals surface area contributed by atoms with Crippen LogP contribution in [0.5, 0.6) is 0 Å². The maximum Gasteiger partial charge on any atom is 0.252 e. The lowest BCUT2D eigenvalue weighted by Gasteiger charge is -2.08. The summed E-state index contributed by atoms with van der Waals surface area (Å²) in [6, 6.07) is 5.78. The smallest absolute Gasteiger partial charge is 0.252 e. The Labute approximate surface area is 111 Å². The molecule has 0 aliphatic rings. The molecule has 1 rings (SSSR count). The van der Waals surface area contributed by atoms with Gasteiger partial charge in [0, 0.05) is 11.0 Å². The van der Waals surface area contributed by atoms with Crippen LogP contribution in [0.1, 0.15) is 29.3 Å². The van der Waals surface area contributed by atoms with E-state index < -0.39 is 0 Å². The molecule has 94 valence electrons. The van der Waals surface area contributed by atoms with E-state index in [0.717, 1.165) is 29.5 Å². The first-order chi connectivity index (χ1) is 8.15. The Morgan fingerprint density at radius 3 is 2.82 bits per heavy atom. The van der Waals surface area contributed by atoms with Gasteiger partial charge in [-0.1, -0.05) is 18.6 Å². The predicted molar refractivity (Wildman–Crippen MR) is 74.4 cm³/mol. The number of benzene rings is 1. The Morgan fingerprint density at radius 2 is 2.12 bits per heavy atom. The van der Waals surface area contributed by atoms with E-state index in [-0.39, 0.29) is 5.91 Å². The van der Waals surface area contributed by atoms with Crippen molar-refractivity contribution in [2.45, 2.75) is 20.3 Å². The third-order valence-electron chi connectivity index (χ3n) is 2.43. The first-order valence-corrected chi connectivity index (χ1v) is 6.69. The molecule has 3 nitrogen and oxygen atoms in total. The van der Waals surface area contributed by atoms with E-state index >= 15 is 0 Å². The lowest BCUT2D eigenvalue weighted by atomic mass is 10.1. The zero-order valence-corrected chi connectivity index (χ0v) is 11.9. The average Bonchev–Trinajstić information content (AvgIpc) is 2.32. The Balaban J connectivity index is 2.44. The third-order valence-corrected chi connectivity index (χ3v) is 3.12. The largest absolute Gasteiger partial charge is 0.352 e. The fraction of sp³-hybridized carbons (Fsp3) is 0.462. The monoisotopic (exact) mass is 298 g/mol. The molecule has 0 spiro atoms. The number of carbonyl (C=O) groups is 1. The Kier molecular flexibility index (Phi) is 6.22. The molecule has 4 heteroatoms. The van der Waals surface area contributed by atoms with Gasteiger partial charge in [0.15, 0.2) is 0 Å². The molecule has 0 fully saturated rings. The van der Waals surface area contributed by atoms with E-state index in [1.807, 2.05) is 25.1 Å². The minimum atomic E-state index is -0.0166. The summed E-state index contributed by atoms with van der Waals surface area (Å²) in [4.78, 5) is 11.9. The van der Waals surface area contributed by atoms with E-state index in [1.165, 1.54) is 0 Å². The summed E-state index contributed by atoms with van der Waals surface area (Å²) in [5.41, 5.74) is 1.79. The summed E-state index contributed by atoms with van der Waals surface area (Å²) in [5.74, 6) is -0.0166. The van der Waals surface area contributed by atoms with Gasteiger partial charge < -0.3 is 10.6 Å². The first-order valence-electron chi connectivity index (χ1n) is 5.90. The van der Waals surface area contributed by atoms with Crippen LogP contribution in [0, 0.1) is 6.92 Å². The number of rotatable bonds is 6. The molecule has 0 bridgehead atoms. The summed E-state index contributed by atoms with van der Waals surface area (Å²) >= 11 is 3.39. The number of halogens is 1. The van der Waals surface area contributed by atoms with Gasteiger partial charge in [-0.15, -0.1) is 0 Å². The molecule has 0 saturated heterocycles. The molecule has 1 amide bonds. The van der Waals surface area contributed by atoms with Gasteiger partial charge in [0.25, 0.3) is 5.91 Å². The van der Waals surface area contributed by atoms with Crippen molar-refractivity contribution in [1.29, 1.82) is 0 Å². The summed E-state index contributed by atoms with van der Waals surface area (Å²) in [5, 5.41) is 6.14. The second-order valence-corrected chi connectivity index (χ2v) is 4.80. The van der Waals surface area contributed by atoms with E-state index in [0.29, 0.717) is 12.1 Å². The highest BCUT2D eigenvalue weighted by Crippen LogP contribution is 2.17. The summed E-state index contributed by atoms with van der Waals surface area (Å²) in [6.07, 6.45) is 0.947. The van der Waals surface area contributed by atoms with E-state index in [2.05, 4.69) is 33.5 Å². The van der Waals surface area contributed by atoms with Crippen LogP contribution in [0.2, 0.25) is 0 Å². The molecule has 0 aromatic heterocycles. The van der Waals surface area contributed by atoms with Gasteiger partial charge in [-0.2, -0.15) is 0 Å². The van der Waals surface area contributed by atoms with E-state index in [1.54, 1.807) is 0 Å². The van der Waals surface area contributed by atoms with Crippen LogP contribution < -0.4 is 10.6 Å². The van der Waals surface area contributed by atoms with Gasteiger partial charge >= 0.3 is 0 Å². The van der Waals surface area contributed by atoms with Crippen LogP contribution in [0.3, 0.4) is 0 Å². The van der Waals surface area contributed by atoms with Crippen LogP contribution >= 0.6 is 15.9 Å². The summed E-state index contributed by atoms with van der Waals surface area (Å²) in [7, 11) is 0. The molecule has 0 unspecified atom stereocenters. The molecular formula is C13H19BrN2O. The average molecular weight is 299 g/mol. The van der Waals surface area contributed by atoms with Gasteiger partial charge in [-0.05, 0) is 54.5 Å². The molecule has 0 radical (unpaired) electrons. The van der Waals surface area contributed by atoms with Gasteiger partial charge in [0.1, 0.15) is 0 Å². The maximum absolute atomic E-state index is 11.9. The molecule has 2 N–H and O–H groups in total. The molecule has 17 heavy (non-hydrogen) atoms. The van der Waals surface area contributed by atoms with Crippen molar-refractivity contribution in [3.63, 3.8) is 0 Å². The molecular weight excluding hydrogens is 280 g/mol. The Hall–Kier alpha value is -0.870. The number of amides is 1. The quantitative estimate of drug-likeness (QED) is 0.792. The number of carbonyl (C=O) groups excluding carboxylic acids is 1. The standard InChI is InChI=1S/C13H19BrN2O/c1-3-15-7-4-8-16-13(17)11-9-10(2)5-6-12(11)14/h5-6,9,15H,3-4,7-8H2,1-2H3,(H,16,17). The zero-order chi connectivity index (χ0) is 12.7. The normalized spacial score (nSPS) is 10.3. The highest BCUT2D eigenvalue weighted by atomic mass is 79.9. The second kappa shape index (κ2) is 7.45. The van der Waals surface area contributed by atoms with Crippen molar-refractivity contribution in [1.82, 2.24) is 10.6 Å². The van der Waals surface area contributed by atoms with Crippen LogP contribution in [0.25, 0.3) is 0 Å². The number of hydrogen-bond acceptors (Lipinski definition) is 2. The highest BCUT2D eigenvalue weighted by Gasteiger charge is 2.08. The number of hydrogen-bond donors (Lipinski definition) is 2. The van der Waals surface area contributed by atoms with Gasteiger partial charge in [-0.25, -0.2) is 0 Å². The van der Waals surface area contributed by atoms with Crippen molar-refractivity contribution in [2.24, 2.45) is 0 Å². The number of nitrogens with one attached hydrogen (secondary N) is 2. The minimum absolute atomic E-state index is 0.0166. The van der Waals surface area contributed by atoms with Gasteiger partial charge in [0.2, 0.25) is 0 Å². The lowest BCUT2D eigenvalue weighted by Crippen LogP contribution is -2.27. The van der Waals surface area contributed by atoms with Crippen molar-refractivity contribution in [3.8, 4) is 0 Å². The first kappa shape index (κ1) is 14.2. The van der Waals surface area contributed by atoms with Crippen LogP contribution in [-0.4, -0.2) is 25.5 Å². The molecule has 1 aromatic rings. The molecule has 0 heterocycles. The zero-order valence-electron chi connectivity index (χ0n) is 10.3. The number of aryl methyl sites for hydroxylation is 1. The molecule has 0 saturated carbocycles.